The Labute approximate surface area is 373 Å². The standard InChI is InChI=1S/C52H89NO8/c1-6-8-10-12-14-16-18-20-22-24-25-27-29-31-33-35-37-39-41-43-50(55)61-48(47-60-52(51(56)57)58-45-44-53(3,4)5)46-59-49(54)42-40-38-36-34-32-30-28-26-23-21-19-17-15-13-11-9-7-2/h8,10,14,16,20,22,25,27,31,33,37,39,48,52H,6-7,9,11-13,15,17-19,21,23-24,26,28-30,32,34-36,38,40-47H2,1-5H3/b10-8-,16-14-,22-20-,27-25-,33-31-,39-37-. The second kappa shape index (κ2) is 43.4. The van der Waals surface area contributed by atoms with Gasteiger partial charge in [0.25, 0.3) is 0 Å². The second-order valence-corrected chi connectivity index (χ2v) is 17.0. The van der Waals surface area contributed by atoms with E-state index in [0.717, 1.165) is 57.8 Å². The van der Waals surface area contributed by atoms with Crippen molar-refractivity contribution in [3.63, 3.8) is 0 Å². The molecule has 0 N–H and O–H groups in total. The Hall–Kier alpha value is -3.27. The van der Waals surface area contributed by atoms with E-state index in [4.69, 9.17) is 18.9 Å². The fourth-order valence-electron chi connectivity index (χ4n) is 6.27. The highest BCUT2D eigenvalue weighted by Gasteiger charge is 2.21. The molecule has 2 unspecified atom stereocenters. The summed E-state index contributed by atoms with van der Waals surface area (Å²) >= 11 is 0. The van der Waals surface area contributed by atoms with E-state index in [1.54, 1.807) is 0 Å². The molecule has 0 aliphatic rings. The summed E-state index contributed by atoms with van der Waals surface area (Å²) in [6.45, 7) is 4.54. The lowest BCUT2D eigenvalue weighted by Crippen LogP contribution is -2.44. The van der Waals surface area contributed by atoms with E-state index in [2.05, 4.69) is 74.6 Å². The quantitative estimate of drug-likeness (QED) is 0.0196. The molecule has 0 bridgehead atoms. The van der Waals surface area contributed by atoms with Gasteiger partial charge in [-0.15, -0.1) is 0 Å². The van der Waals surface area contributed by atoms with Gasteiger partial charge in [0.2, 0.25) is 0 Å². The van der Waals surface area contributed by atoms with Gasteiger partial charge in [-0.2, -0.15) is 0 Å². The first-order chi connectivity index (χ1) is 29.6. The van der Waals surface area contributed by atoms with Crippen LogP contribution in [0.25, 0.3) is 0 Å². The van der Waals surface area contributed by atoms with Gasteiger partial charge >= 0.3 is 11.9 Å². The Kier molecular flexibility index (Phi) is 41.1. The molecule has 61 heavy (non-hydrogen) atoms. The average Bonchev–Trinajstić information content (AvgIpc) is 3.22. The molecule has 0 aliphatic carbocycles. The fraction of sp³-hybridized carbons (Fsp3) is 0.712. The normalized spacial score (nSPS) is 13.5. The van der Waals surface area contributed by atoms with Crippen molar-refractivity contribution >= 4 is 17.9 Å². The van der Waals surface area contributed by atoms with Gasteiger partial charge in [0.1, 0.15) is 13.2 Å². The molecule has 9 heteroatoms. The second-order valence-electron chi connectivity index (χ2n) is 17.0. The molecule has 0 heterocycles. The van der Waals surface area contributed by atoms with E-state index in [0.29, 0.717) is 17.4 Å². The van der Waals surface area contributed by atoms with E-state index in [-0.39, 0.29) is 38.6 Å². The summed E-state index contributed by atoms with van der Waals surface area (Å²) in [6.07, 6.45) is 50.9. The minimum Gasteiger partial charge on any atom is -0.545 e. The minimum atomic E-state index is -1.64. The predicted octanol–water partition coefficient (Wildman–Crippen LogP) is 11.8. The van der Waals surface area contributed by atoms with Crippen LogP contribution in [0.1, 0.15) is 181 Å². The number of ether oxygens (including phenoxy) is 4. The fourth-order valence-corrected chi connectivity index (χ4v) is 6.27. The zero-order valence-corrected chi connectivity index (χ0v) is 39.5. The van der Waals surface area contributed by atoms with Gasteiger partial charge in [-0.05, 0) is 51.4 Å². The predicted molar refractivity (Wildman–Crippen MR) is 251 cm³/mol. The summed E-state index contributed by atoms with van der Waals surface area (Å²) < 4.78 is 22.5. The van der Waals surface area contributed by atoms with Crippen molar-refractivity contribution in [3.8, 4) is 0 Å². The summed E-state index contributed by atoms with van der Waals surface area (Å²) in [7, 11) is 5.88. The molecule has 0 rings (SSSR count). The number of aliphatic carboxylic acids is 1. The van der Waals surface area contributed by atoms with Crippen molar-refractivity contribution in [2.75, 3.05) is 47.5 Å². The van der Waals surface area contributed by atoms with Crippen LogP contribution in [0.4, 0.5) is 0 Å². The van der Waals surface area contributed by atoms with Crippen LogP contribution in [0.15, 0.2) is 72.9 Å². The Morgan fingerprint density at radius 3 is 1.36 bits per heavy atom. The van der Waals surface area contributed by atoms with Crippen LogP contribution in [0.3, 0.4) is 0 Å². The monoisotopic (exact) mass is 856 g/mol. The molecule has 0 aromatic rings. The first-order valence-electron chi connectivity index (χ1n) is 24.1. The molecule has 0 saturated carbocycles. The molecule has 0 spiro atoms. The smallest absolute Gasteiger partial charge is 0.306 e. The third-order valence-electron chi connectivity index (χ3n) is 9.98. The lowest BCUT2D eigenvalue weighted by atomic mass is 10.0. The number of rotatable bonds is 43. The van der Waals surface area contributed by atoms with Crippen LogP contribution in [0.2, 0.25) is 0 Å². The topological polar surface area (TPSA) is 111 Å². The number of esters is 2. The Morgan fingerprint density at radius 1 is 0.508 bits per heavy atom. The van der Waals surface area contributed by atoms with Crippen molar-refractivity contribution in [2.45, 2.75) is 193 Å². The van der Waals surface area contributed by atoms with E-state index < -0.39 is 24.3 Å². The SMILES string of the molecule is CC/C=C\C/C=C\C/C=C\C/C=C\C/C=C\C/C=C\CCC(=O)OC(COC(=O)CCCCCCCCCCCCCCCCCCC)COC(OCC[N+](C)(C)C)C(=O)[O-]. The van der Waals surface area contributed by atoms with Gasteiger partial charge in [0.15, 0.2) is 12.4 Å². The van der Waals surface area contributed by atoms with Crippen LogP contribution in [0, 0.1) is 0 Å². The molecule has 0 aromatic carbocycles. The van der Waals surface area contributed by atoms with Crippen LogP contribution in [-0.2, 0) is 33.3 Å². The van der Waals surface area contributed by atoms with Gasteiger partial charge in [0.05, 0.1) is 40.3 Å². The van der Waals surface area contributed by atoms with E-state index >= 15 is 0 Å². The number of quaternary nitrogens is 1. The number of hydrogen-bond acceptors (Lipinski definition) is 8. The van der Waals surface area contributed by atoms with Gasteiger partial charge in [-0.3, -0.25) is 9.59 Å². The first-order valence-corrected chi connectivity index (χ1v) is 24.1. The van der Waals surface area contributed by atoms with Crippen LogP contribution in [-0.4, -0.2) is 82.3 Å². The number of carboxylic acid groups (broad SMARTS) is 1. The highest BCUT2D eigenvalue weighted by Crippen LogP contribution is 2.15. The number of carbonyl (C=O) groups is 3. The lowest BCUT2D eigenvalue weighted by molar-refractivity contribution is -0.870. The van der Waals surface area contributed by atoms with Gasteiger partial charge in [0, 0.05) is 12.8 Å². The van der Waals surface area contributed by atoms with Gasteiger partial charge in [-0.25, -0.2) is 0 Å². The number of nitrogens with zero attached hydrogens (tertiary/aromatic N) is 1. The molecule has 0 aromatic heterocycles. The summed E-state index contributed by atoms with van der Waals surface area (Å²) in [4.78, 5) is 37.0. The highest BCUT2D eigenvalue weighted by atomic mass is 16.7. The zero-order chi connectivity index (χ0) is 44.9. The summed E-state index contributed by atoms with van der Waals surface area (Å²) in [6, 6.07) is 0. The molecule has 0 fully saturated rings. The van der Waals surface area contributed by atoms with Crippen molar-refractivity contribution in [1.82, 2.24) is 0 Å². The Bertz CT molecular complexity index is 1230. The third-order valence-corrected chi connectivity index (χ3v) is 9.98. The van der Waals surface area contributed by atoms with E-state index in [1.807, 2.05) is 33.3 Å². The van der Waals surface area contributed by atoms with E-state index in [1.165, 1.54) is 89.9 Å². The maximum Gasteiger partial charge on any atom is 0.306 e. The maximum atomic E-state index is 12.7. The number of carboxylic acids is 1. The molecule has 2 atom stereocenters. The maximum absolute atomic E-state index is 12.7. The molecule has 350 valence electrons. The Balaban J connectivity index is 4.51. The van der Waals surface area contributed by atoms with Crippen molar-refractivity contribution in [3.05, 3.63) is 72.9 Å². The Morgan fingerprint density at radius 2 is 0.934 bits per heavy atom. The van der Waals surface area contributed by atoms with Crippen molar-refractivity contribution < 1.29 is 42.9 Å². The third kappa shape index (κ3) is 44.6. The largest absolute Gasteiger partial charge is 0.545 e. The summed E-state index contributed by atoms with van der Waals surface area (Å²) in [5.74, 6) is -2.40. The molecule has 0 aliphatic heterocycles. The van der Waals surface area contributed by atoms with Gasteiger partial charge < -0.3 is 33.3 Å². The number of allylic oxidation sites excluding steroid dienone is 12. The number of carbonyl (C=O) groups excluding carboxylic acids is 3. The number of hydrogen-bond donors (Lipinski definition) is 0. The first kappa shape index (κ1) is 57.7. The van der Waals surface area contributed by atoms with E-state index in [9.17, 15) is 19.5 Å². The molecule has 9 nitrogen and oxygen atoms in total. The van der Waals surface area contributed by atoms with Crippen LogP contribution in [0.5, 0.6) is 0 Å². The summed E-state index contributed by atoms with van der Waals surface area (Å²) in [5.41, 5.74) is 0. The lowest BCUT2D eigenvalue weighted by Gasteiger charge is -2.26. The minimum absolute atomic E-state index is 0.121. The van der Waals surface area contributed by atoms with Crippen LogP contribution >= 0.6 is 0 Å². The van der Waals surface area contributed by atoms with Gasteiger partial charge in [-0.1, -0.05) is 189 Å². The molecule has 0 amide bonds. The van der Waals surface area contributed by atoms with Crippen molar-refractivity contribution in [1.29, 1.82) is 0 Å². The zero-order valence-electron chi connectivity index (χ0n) is 39.5. The number of likely N-dealkylation sites (N-methyl/N-ethyl adjacent to an activating group) is 1. The molecular weight excluding hydrogens is 767 g/mol. The molecule has 0 saturated heterocycles. The van der Waals surface area contributed by atoms with Crippen molar-refractivity contribution in [2.24, 2.45) is 0 Å². The molecular formula is C52H89NO8. The summed E-state index contributed by atoms with van der Waals surface area (Å²) in [5, 5.41) is 11.7. The van der Waals surface area contributed by atoms with Crippen LogP contribution < -0.4 is 5.11 Å². The highest BCUT2D eigenvalue weighted by molar-refractivity contribution is 5.70. The molecule has 0 radical (unpaired) electrons. The number of unbranched alkanes of at least 4 members (excludes halogenated alkanes) is 16. The average molecular weight is 856 g/mol.